The number of ether oxygens (including phenoxy) is 6. The van der Waals surface area contributed by atoms with Gasteiger partial charge in [0.15, 0.2) is 23.0 Å². The molecule has 0 fully saturated rings. The second kappa shape index (κ2) is 7.50. The summed E-state index contributed by atoms with van der Waals surface area (Å²) < 4.78 is 32.9. The standard InChI is InChI=1S/C18H18N4O8/c1-25-9-3-7(17(23)21-19)11(15-13(9)27-5-29-15)12-8(18(24)22-20)4-10(26-2)14-16(12)30-6-28-14/h3-4H,5-6,19-20H2,1-2H3,(H,21,23)(H,22,24). The molecule has 2 amide bonds. The molecular weight excluding hydrogens is 400 g/mol. The van der Waals surface area contributed by atoms with Crippen LogP contribution in [0.2, 0.25) is 0 Å². The number of hydrogen-bond donors (Lipinski definition) is 4. The molecule has 0 atom stereocenters. The van der Waals surface area contributed by atoms with Gasteiger partial charge >= 0.3 is 0 Å². The van der Waals surface area contributed by atoms with Crippen molar-refractivity contribution in [3.8, 4) is 45.6 Å². The van der Waals surface area contributed by atoms with Crippen molar-refractivity contribution in [3.63, 3.8) is 0 Å². The first kappa shape index (κ1) is 19.4. The van der Waals surface area contributed by atoms with Gasteiger partial charge in [0.25, 0.3) is 11.8 Å². The second-order valence-electron chi connectivity index (χ2n) is 6.08. The fourth-order valence-corrected chi connectivity index (χ4v) is 3.39. The summed E-state index contributed by atoms with van der Waals surface area (Å²) in [6.45, 7) is -0.249. The molecule has 0 aromatic heterocycles. The monoisotopic (exact) mass is 418 g/mol. The molecule has 0 saturated heterocycles. The summed E-state index contributed by atoms with van der Waals surface area (Å²) in [6.07, 6.45) is 0. The number of carbonyl (C=O) groups excluding carboxylic acids is 2. The van der Waals surface area contributed by atoms with Crippen molar-refractivity contribution < 1.29 is 38.0 Å². The molecule has 0 radical (unpaired) electrons. The molecule has 0 aliphatic carbocycles. The van der Waals surface area contributed by atoms with Crippen molar-refractivity contribution in [2.45, 2.75) is 0 Å². The average molecular weight is 418 g/mol. The highest BCUT2D eigenvalue weighted by Gasteiger charge is 2.36. The number of hydrogen-bond acceptors (Lipinski definition) is 10. The Morgan fingerprint density at radius 1 is 0.767 bits per heavy atom. The Morgan fingerprint density at radius 2 is 1.13 bits per heavy atom. The Morgan fingerprint density at radius 3 is 1.47 bits per heavy atom. The molecule has 6 N–H and O–H groups in total. The normalized spacial score (nSPS) is 13.1. The number of hydrazine groups is 2. The van der Waals surface area contributed by atoms with E-state index in [0.29, 0.717) is 0 Å². The predicted octanol–water partition coefficient (Wildman–Crippen LogP) is 0.0352. The van der Waals surface area contributed by atoms with Crippen molar-refractivity contribution in [2.75, 3.05) is 27.8 Å². The third kappa shape index (κ3) is 2.77. The maximum atomic E-state index is 12.6. The van der Waals surface area contributed by atoms with Crippen LogP contribution in [0.5, 0.6) is 34.5 Å². The van der Waals surface area contributed by atoms with E-state index < -0.39 is 11.8 Å². The van der Waals surface area contributed by atoms with E-state index in [1.807, 2.05) is 0 Å². The van der Waals surface area contributed by atoms with Crippen molar-refractivity contribution >= 4 is 11.8 Å². The zero-order chi connectivity index (χ0) is 21.4. The molecule has 158 valence electrons. The van der Waals surface area contributed by atoms with E-state index in [2.05, 4.69) is 10.9 Å². The molecule has 2 aliphatic heterocycles. The quantitative estimate of drug-likeness (QED) is 0.296. The second-order valence-corrected chi connectivity index (χ2v) is 6.08. The first-order valence-electron chi connectivity index (χ1n) is 8.59. The third-order valence-corrected chi connectivity index (χ3v) is 4.66. The molecule has 4 rings (SSSR count). The van der Waals surface area contributed by atoms with Crippen LogP contribution in [0.3, 0.4) is 0 Å². The van der Waals surface area contributed by atoms with Gasteiger partial charge in [-0.05, 0) is 12.1 Å². The van der Waals surface area contributed by atoms with Gasteiger partial charge in [-0.1, -0.05) is 0 Å². The lowest BCUT2D eigenvalue weighted by atomic mass is 9.91. The fourth-order valence-electron chi connectivity index (χ4n) is 3.39. The smallest absolute Gasteiger partial charge is 0.266 e. The number of amides is 2. The van der Waals surface area contributed by atoms with Crippen LogP contribution in [-0.2, 0) is 0 Å². The van der Waals surface area contributed by atoms with Gasteiger partial charge in [-0.3, -0.25) is 20.4 Å². The number of nitrogens with one attached hydrogen (secondary N) is 2. The van der Waals surface area contributed by atoms with Gasteiger partial charge in [-0.25, -0.2) is 11.7 Å². The lowest BCUT2D eigenvalue weighted by Gasteiger charge is -2.19. The maximum Gasteiger partial charge on any atom is 0.266 e. The van der Waals surface area contributed by atoms with E-state index in [9.17, 15) is 9.59 Å². The molecule has 2 heterocycles. The number of fused-ring (bicyclic) bond motifs is 2. The molecule has 2 aromatic rings. The largest absolute Gasteiger partial charge is 0.493 e. The summed E-state index contributed by atoms with van der Waals surface area (Å²) in [4.78, 5) is 25.3. The Hall–Kier alpha value is -3.90. The van der Waals surface area contributed by atoms with E-state index in [-0.39, 0.29) is 70.3 Å². The molecule has 0 bridgehead atoms. The van der Waals surface area contributed by atoms with E-state index in [0.717, 1.165) is 0 Å². The molecule has 12 nitrogen and oxygen atoms in total. The summed E-state index contributed by atoms with van der Waals surface area (Å²) in [5, 5.41) is 0. The molecule has 0 spiro atoms. The minimum atomic E-state index is -0.663. The van der Waals surface area contributed by atoms with Crippen LogP contribution in [0.4, 0.5) is 0 Å². The van der Waals surface area contributed by atoms with Gasteiger partial charge in [0.1, 0.15) is 0 Å². The summed E-state index contributed by atoms with van der Waals surface area (Å²) in [7, 11) is 2.83. The molecule has 30 heavy (non-hydrogen) atoms. The van der Waals surface area contributed by atoms with Crippen molar-refractivity contribution in [1.29, 1.82) is 0 Å². The molecule has 2 aromatic carbocycles. The van der Waals surface area contributed by atoms with E-state index in [4.69, 9.17) is 40.1 Å². The van der Waals surface area contributed by atoms with Gasteiger partial charge < -0.3 is 28.4 Å². The summed E-state index contributed by atoms with van der Waals surface area (Å²) in [5.74, 6) is 10.8. The molecular formula is C18H18N4O8. The zero-order valence-electron chi connectivity index (χ0n) is 16.0. The fraction of sp³-hybridized carbons (Fsp3) is 0.222. The van der Waals surface area contributed by atoms with E-state index in [1.165, 1.54) is 26.4 Å². The lowest BCUT2D eigenvalue weighted by molar-refractivity contribution is 0.0943. The number of nitrogens with two attached hydrogens (primary N) is 2. The highest BCUT2D eigenvalue weighted by molar-refractivity contribution is 6.10. The number of carbonyl (C=O) groups is 2. The minimum absolute atomic E-state index is 0.0486. The van der Waals surface area contributed by atoms with Crippen LogP contribution in [0, 0.1) is 0 Å². The Labute approximate surface area is 169 Å². The number of rotatable bonds is 5. The average Bonchev–Trinajstić information content (AvgIpc) is 3.46. The van der Waals surface area contributed by atoms with Crippen molar-refractivity contribution in [1.82, 2.24) is 10.9 Å². The lowest BCUT2D eigenvalue weighted by Crippen LogP contribution is -2.32. The Kier molecular flexibility index (Phi) is 4.85. The van der Waals surface area contributed by atoms with Crippen LogP contribution in [0.15, 0.2) is 12.1 Å². The molecule has 0 saturated carbocycles. The van der Waals surface area contributed by atoms with E-state index >= 15 is 0 Å². The summed E-state index contributed by atoms with van der Waals surface area (Å²) >= 11 is 0. The van der Waals surface area contributed by atoms with Crippen LogP contribution in [0.25, 0.3) is 11.1 Å². The first-order valence-corrected chi connectivity index (χ1v) is 8.59. The van der Waals surface area contributed by atoms with Crippen LogP contribution >= 0.6 is 0 Å². The maximum absolute atomic E-state index is 12.6. The van der Waals surface area contributed by atoms with Gasteiger partial charge in [-0.15, -0.1) is 0 Å². The van der Waals surface area contributed by atoms with Crippen LogP contribution < -0.4 is 51.0 Å². The SMILES string of the molecule is COc1cc(C(=O)NN)c(-c2c(C(=O)NN)cc(OC)c3c2OCO3)c2c1OCO2. The zero-order valence-corrected chi connectivity index (χ0v) is 16.0. The van der Waals surface area contributed by atoms with Gasteiger partial charge in [0, 0.05) is 11.1 Å². The highest BCUT2D eigenvalue weighted by Crippen LogP contribution is 2.56. The van der Waals surface area contributed by atoms with E-state index in [1.54, 1.807) is 0 Å². The highest BCUT2D eigenvalue weighted by atomic mass is 16.7. The van der Waals surface area contributed by atoms with Crippen LogP contribution in [-0.4, -0.2) is 39.6 Å². The first-order chi connectivity index (χ1) is 14.5. The minimum Gasteiger partial charge on any atom is -0.493 e. The summed E-state index contributed by atoms with van der Waals surface area (Å²) in [5.41, 5.74) is 4.62. The Bertz CT molecular complexity index is 972. The Balaban J connectivity index is 2.13. The van der Waals surface area contributed by atoms with Crippen LogP contribution in [0.1, 0.15) is 20.7 Å². The molecule has 0 unspecified atom stereocenters. The van der Waals surface area contributed by atoms with Gasteiger partial charge in [0.2, 0.25) is 25.1 Å². The topological polar surface area (TPSA) is 166 Å². The third-order valence-electron chi connectivity index (χ3n) is 4.66. The predicted molar refractivity (Wildman–Crippen MR) is 101 cm³/mol. The number of benzene rings is 2. The summed E-state index contributed by atoms with van der Waals surface area (Å²) in [6, 6.07) is 2.84. The molecule has 12 heteroatoms. The van der Waals surface area contributed by atoms with Gasteiger partial charge in [-0.2, -0.15) is 0 Å². The number of nitrogen functional groups attached to an aromatic ring is 2. The molecule has 2 aliphatic rings. The van der Waals surface area contributed by atoms with Crippen molar-refractivity contribution in [2.24, 2.45) is 11.7 Å². The van der Waals surface area contributed by atoms with Crippen molar-refractivity contribution in [3.05, 3.63) is 23.3 Å². The van der Waals surface area contributed by atoms with Gasteiger partial charge in [0.05, 0.1) is 25.3 Å². The number of methoxy groups -OCH3 is 2.